The van der Waals surface area contributed by atoms with Gasteiger partial charge in [-0.2, -0.15) is 0 Å². The Bertz CT molecular complexity index is 888. The van der Waals surface area contributed by atoms with Crippen LogP contribution in [0.3, 0.4) is 0 Å². The minimum Gasteiger partial charge on any atom is -0.497 e. The molecule has 1 N–H and O–H groups in total. The number of carbonyl (C=O) groups is 1. The quantitative estimate of drug-likeness (QED) is 0.866. The third-order valence-electron chi connectivity index (χ3n) is 5.77. The van der Waals surface area contributed by atoms with Gasteiger partial charge in [-0.05, 0) is 53.8 Å². The maximum absolute atomic E-state index is 13.3. The second kappa shape index (κ2) is 7.76. The van der Waals surface area contributed by atoms with Crippen molar-refractivity contribution in [1.82, 2.24) is 10.2 Å². The highest BCUT2D eigenvalue weighted by atomic mass is 19.1. The molecule has 2 aliphatic rings. The topological polar surface area (TPSA) is 41.6 Å². The number of halogens is 1. The van der Waals surface area contributed by atoms with E-state index in [2.05, 4.69) is 17.5 Å². The molecule has 2 aliphatic heterocycles. The molecule has 0 aromatic heterocycles. The lowest BCUT2D eigenvalue weighted by atomic mass is 9.74. The van der Waals surface area contributed by atoms with E-state index < -0.39 is 0 Å². The highest BCUT2D eigenvalue weighted by Gasteiger charge is 2.46. The van der Waals surface area contributed by atoms with Gasteiger partial charge >= 0.3 is 0 Å². The Kier molecular flexibility index (Phi) is 5.18. The summed E-state index contributed by atoms with van der Waals surface area (Å²) in [6, 6.07) is 14.5. The van der Waals surface area contributed by atoms with E-state index in [1.807, 2.05) is 23.1 Å². The fraction of sp³-hybridized carbons (Fsp3) is 0.348. The Labute approximate surface area is 165 Å². The summed E-state index contributed by atoms with van der Waals surface area (Å²) in [6.07, 6.45) is 3.60. The van der Waals surface area contributed by atoms with Crippen LogP contribution in [0.1, 0.15) is 17.5 Å². The molecule has 0 bridgehead atoms. The van der Waals surface area contributed by atoms with Crippen molar-refractivity contribution >= 4 is 11.5 Å². The first-order valence-corrected chi connectivity index (χ1v) is 9.68. The lowest BCUT2D eigenvalue weighted by Crippen LogP contribution is -2.63. The van der Waals surface area contributed by atoms with Gasteiger partial charge in [-0.25, -0.2) is 4.39 Å². The molecule has 146 valence electrons. The van der Waals surface area contributed by atoms with Gasteiger partial charge in [0.2, 0.25) is 5.91 Å². The standard InChI is InChI=1S/C23H25FN2O2/c1-28-21-4-2-3-17(13-21)14-23(15-25-16-23)22(27)26-11-9-19(10-12-26)18-5-7-20(24)8-6-18/h2-9,13,25H,10-12,14-16H2,1H3. The first kappa shape index (κ1) is 18.7. The van der Waals surface area contributed by atoms with Gasteiger partial charge in [-0.1, -0.05) is 30.3 Å². The summed E-state index contributed by atoms with van der Waals surface area (Å²) in [4.78, 5) is 15.3. The van der Waals surface area contributed by atoms with E-state index in [4.69, 9.17) is 4.74 Å². The average molecular weight is 380 g/mol. The second-order valence-electron chi connectivity index (χ2n) is 7.65. The predicted octanol–water partition coefficient (Wildman–Crippen LogP) is 3.28. The molecule has 1 fully saturated rings. The van der Waals surface area contributed by atoms with Crippen LogP contribution < -0.4 is 10.1 Å². The number of hydrogen-bond donors (Lipinski definition) is 1. The van der Waals surface area contributed by atoms with E-state index in [0.29, 0.717) is 32.6 Å². The summed E-state index contributed by atoms with van der Waals surface area (Å²) in [7, 11) is 1.66. The lowest BCUT2D eigenvalue weighted by Gasteiger charge is -2.45. The largest absolute Gasteiger partial charge is 0.497 e. The van der Waals surface area contributed by atoms with E-state index in [1.54, 1.807) is 19.2 Å². The fourth-order valence-corrected chi connectivity index (χ4v) is 4.07. The SMILES string of the molecule is COc1cccc(CC2(C(=O)N3CC=C(c4ccc(F)cc4)CC3)CNC2)c1. The number of benzene rings is 2. The van der Waals surface area contributed by atoms with Crippen LogP contribution in [0.2, 0.25) is 0 Å². The molecule has 2 aromatic carbocycles. The molecule has 0 unspecified atom stereocenters. The number of hydrogen-bond acceptors (Lipinski definition) is 3. The molecule has 5 heteroatoms. The second-order valence-corrected chi connectivity index (χ2v) is 7.65. The summed E-state index contributed by atoms with van der Waals surface area (Å²) in [6.45, 7) is 2.70. The molecular weight excluding hydrogens is 355 g/mol. The van der Waals surface area contributed by atoms with Crippen LogP contribution in [0.25, 0.3) is 5.57 Å². The van der Waals surface area contributed by atoms with E-state index in [9.17, 15) is 9.18 Å². The number of ether oxygens (including phenoxy) is 1. The first-order chi connectivity index (χ1) is 13.6. The Morgan fingerprint density at radius 1 is 1.21 bits per heavy atom. The smallest absolute Gasteiger partial charge is 0.231 e. The zero-order chi connectivity index (χ0) is 19.6. The van der Waals surface area contributed by atoms with Crippen molar-refractivity contribution in [3.05, 3.63) is 71.6 Å². The fourth-order valence-electron chi connectivity index (χ4n) is 4.07. The zero-order valence-corrected chi connectivity index (χ0v) is 16.1. The Balaban J connectivity index is 1.46. The monoisotopic (exact) mass is 380 g/mol. The number of rotatable bonds is 5. The first-order valence-electron chi connectivity index (χ1n) is 9.68. The number of nitrogens with zero attached hydrogens (tertiary/aromatic N) is 1. The van der Waals surface area contributed by atoms with Gasteiger partial charge in [-0.3, -0.25) is 4.79 Å². The Morgan fingerprint density at radius 2 is 2.00 bits per heavy atom. The third-order valence-corrected chi connectivity index (χ3v) is 5.77. The van der Waals surface area contributed by atoms with Crippen molar-refractivity contribution in [3.63, 3.8) is 0 Å². The van der Waals surface area contributed by atoms with Gasteiger partial charge in [0.1, 0.15) is 11.6 Å². The zero-order valence-electron chi connectivity index (χ0n) is 16.1. The van der Waals surface area contributed by atoms with E-state index in [-0.39, 0.29) is 17.1 Å². The van der Waals surface area contributed by atoms with Crippen molar-refractivity contribution in [3.8, 4) is 5.75 Å². The number of methoxy groups -OCH3 is 1. The molecule has 4 nitrogen and oxygen atoms in total. The summed E-state index contributed by atoms with van der Waals surface area (Å²) < 4.78 is 18.5. The molecule has 28 heavy (non-hydrogen) atoms. The Hall–Kier alpha value is -2.66. The van der Waals surface area contributed by atoms with Crippen molar-refractivity contribution in [2.24, 2.45) is 5.41 Å². The highest BCUT2D eigenvalue weighted by molar-refractivity contribution is 5.86. The number of carbonyl (C=O) groups excluding carboxylic acids is 1. The van der Waals surface area contributed by atoms with Crippen molar-refractivity contribution in [2.75, 3.05) is 33.3 Å². The maximum Gasteiger partial charge on any atom is 0.231 e. The molecule has 2 heterocycles. The van der Waals surface area contributed by atoms with Crippen LogP contribution in [0.5, 0.6) is 5.75 Å². The summed E-state index contributed by atoms with van der Waals surface area (Å²) in [5.41, 5.74) is 2.95. The van der Waals surface area contributed by atoms with E-state index in [0.717, 1.165) is 23.3 Å². The van der Waals surface area contributed by atoms with Gasteiger partial charge in [0.05, 0.1) is 12.5 Å². The molecule has 0 atom stereocenters. The minimum atomic E-state index is -0.381. The van der Waals surface area contributed by atoms with Crippen molar-refractivity contribution in [2.45, 2.75) is 12.8 Å². The van der Waals surface area contributed by atoms with Gasteiger partial charge in [0, 0.05) is 26.2 Å². The molecule has 0 aliphatic carbocycles. The normalized spacial score (nSPS) is 18.2. The highest BCUT2D eigenvalue weighted by Crippen LogP contribution is 2.33. The predicted molar refractivity (Wildman–Crippen MR) is 108 cm³/mol. The molecular formula is C23H25FN2O2. The minimum absolute atomic E-state index is 0.212. The molecule has 1 saturated heterocycles. The molecule has 0 radical (unpaired) electrons. The van der Waals surface area contributed by atoms with Gasteiger partial charge < -0.3 is 15.0 Å². The van der Waals surface area contributed by atoms with Crippen LogP contribution in [-0.4, -0.2) is 44.1 Å². The molecule has 0 saturated carbocycles. The van der Waals surface area contributed by atoms with Crippen LogP contribution in [0.4, 0.5) is 4.39 Å². The lowest BCUT2D eigenvalue weighted by molar-refractivity contribution is -0.144. The maximum atomic E-state index is 13.3. The Morgan fingerprint density at radius 3 is 2.61 bits per heavy atom. The van der Waals surface area contributed by atoms with Crippen LogP contribution in [0, 0.1) is 11.2 Å². The van der Waals surface area contributed by atoms with Crippen LogP contribution in [0.15, 0.2) is 54.6 Å². The average Bonchev–Trinajstić information content (AvgIpc) is 2.71. The summed E-state index contributed by atoms with van der Waals surface area (Å²) in [5.74, 6) is 0.801. The third kappa shape index (κ3) is 3.67. The van der Waals surface area contributed by atoms with E-state index >= 15 is 0 Å². The molecule has 2 aromatic rings. The number of amides is 1. The van der Waals surface area contributed by atoms with Crippen molar-refractivity contribution < 1.29 is 13.9 Å². The molecule has 0 spiro atoms. The number of nitrogens with one attached hydrogen (secondary N) is 1. The van der Waals surface area contributed by atoms with Gasteiger partial charge in [0.25, 0.3) is 0 Å². The summed E-state index contributed by atoms with van der Waals surface area (Å²) >= 11 is 0. The van der Waals surface area contributed by atoms with Gasteiger partial charge in [0.15, 0.2) is 0 Å². The van der Waals surface area contributed by atoms with Crippen molar-refractivity contribution in [1.29, 1.82) is 0 Å². The molecule has 4 rings (SSSR count). The van der Waals surface area contributed by atoms with Gasteiger partial charge in [-0.15, -0.1) is 0 Å². The van der Waals surface area contributed by atoms with Crippen LogP contribution >= 0.6 is 0 Å². The molecule has 1 amide bonds. The van der Waals surface area contributed by atoms with E-state index in [1.165, 1.54) is 17.7 Å². The van der Waals surface area contributed by atoms with Crippen LogP contribution in [-0.2, 0) is 11.2 Å². The summed E-state index contributed by atoms with van der Waals surface area (Å²) in [5, 5.41) is 3.28.